The fourth-order valence-electron chi connectivity index (χ4n) is 3.38. The van der Waals surface area contributed by atoms with Crippen LogP contribution in [0.5, 0.6) is 0 Å². The summed E-state index contributed by atoms with van der Waals surface area (Å²) in [6.07, 6.45) is 2.49. The van der Waals surface area contributed by atoms with E-state index >= 15 is 0 Å². The highest BCUT2D eigenvalue weighted by Crippen LogP contribution is 2.40. The highest BCUT2D eigenvalue weighted by Gasteiger charge is 2.41. The summed E-state index contributed by atoms with van der Waals surface area (Å²) in [5, 5.41) is 8.24. The van der Waals surface area contributed by atoms with E-state index in [-0.39, 0.29) is 6.10 Å². The van der Waals surface area contributed by atoms with Crippen molar-refractivity contribution in [2.24, 2.45) is 5.92 Å². The van der Waals surface area contributed by atoms with Crippen LogP contribution in [0.4, 0.5) is 0 Å². The third kappa shape index (κ3) is 2.75. The molecule has 0 N–H and O–H groups in total. The number of fused-ring (bicyclic) bond motifs is 1. The molecule has 0 bridgehead atoms. The Labute approximate surface area is 127 Å². The maximum atomic E-state index is 6.18. The molecule has 0 unspecified atom stereocenters. The van der Waals surface area contributed by atoms with E-state index in [1.165, 1.54) is 12.0 Å². The van der Waals surface area contributed by atoms with Crippen molar-refractivity contribution in [3.63, 3.8) is 0 Å². The van der Waals surface area contributed by atoms with E-state index in [1.807, 2.05) is 6.92 Å². The smallest absolute Gasteiger partial charge is 0.255 e. The lowest BCUT2D eigenvalue weighted by atomic mass is 9.91. The van der Waals surface area contributed by atoms with Crippen LogP contribution in [-0.2, 0) is 11.3 Å². The van der Waals surface area contributed by atoms with Crippen molar-refractivity contribution in [3.8, 4) is 0 Å². The lowest BCUT2D eigenvalue weighted by Crippen LogP contribution is -2.41. The molecule has 3 atom stereocenters. The summed E-state index contributed by atoms with van der Waals surface area (Å²) in [7, 11) is 0. The number of hydrogen-bond donors (Lipinski definition) is 0. The van der Waals surface area contributed by atoms with Crippen LogP contribution in [0.2, 0.25) is 0 Å². The van der Waals surface area contributed by atoms with E-state index < -0.39 is 0 Å². The Hall–Kier alpha value is -1.24. The van der Waals surface area contributed by atoms with E-state index in [9.17, 15) is 0 Å². The summed E-state index contributed by atoms with van der Waals surface area (Å²) in [5.74, 6) is 1.95. The minimum absolute atomic E-state index is 0.0118. The summed E-state index contributed by atoms with van der Waals surface area (Å²) in [6.45, 7) is 5.03. The molecule has 2 aromatic rings. The first-order valence-corrected chi connectivity index (χ1v) is 8.41. The van der Waals surface area contributed by atoms with Gasteiger partial charge in [0.05, 0.1) is 6.10 Å². The Morgan fingerprint density at radius 1 is 1.48 bits per heavy atom. The number of hydrogen-bond acceptors (Lipinski definition) is 6. The zero-order valence-electron chi connectivity index (χ0n) is 12.1. The van der Waals surface area contributed by atoms with Gasteiger partial charge < -0.3 is 9.26 Å². The fourth-order valence-corrected chi connectivity index (χ4v) is 4.04. The first kappa shape index (κ1) is 13.4. The Kier molecular flexibility index (Phi) is 3.52. The second kappa shape index (κ2) is 5.51. The fraction of sp³-hybridized carbons (Fsp3) is 0.600. The Bertz CT molecular complexity index is 598. The van der Waals surface area contributed by atoms with E-state index in [0.717, 1.165) is 26.1 Å². The number of likely N-dealkylation sites (tertiary alicyclic amines) is 1. The molecule has 112 valence electrons. The molecule has 2 aromatic heterocycles. The first-order chi connectivity index (χ1) is 10.3. The van der Waals surface area contributed by atoms with Crippen LogP contribution in [-0.4, -0.2) is 34.2 Å². The van der Waals surface area contributed by atoms with Gasteiger partial charge in [0, 0.05) is 13.1 Å². The zero-order chi connectivity index (χ0) is 14.2. The molecule has 4 rings (SSSR count). The van der Waals surface area contributed by atoms with Crippen molar-refractivity contribution in [1.29, 1.82) is 0 Å². The van der Waals surface area contributed by atoms with Gasteiger partial charge in [0.2, 0.25) is 0 Å². The van der Waals surface area contributed by atoms with Crippen LogP contribution in [0.1, 0.15) is 36.2 Å². The van der Waals surface area contributed by atoms with E-state index in [4.69, 9.17) is 9.26 Å². The second-order valence-corrected chi connectivity index (χ2v) is 6.77. The van der Waals surface area contributed by atoms with Gasteiger partial charge in [-0.15, -0.1) is 0 Å². The molecule has 0 saturated carbocycles. The van der Waals surface area contributed by atoms with Gasteiger partial charge in [-0.1, -0.05) is 5.16 Å². The molecule has 2 saturated heterocycles. The highest BCUT2D eigenvalue weighted by atomic mass is 32.1. The number of piperidine rings is 1. The number of nitrogens with zero attached hydrogens (tertiary/aromatic N) is 3. The molecule has 6 heteroatoms. The highest BCUT2D eigenvalue weighted by molar-refractivity contribution is 7.07. The van der Waals surface area contributed by atoms with Crippen molar-refractivity contribution in [2.75, 3.05) is 13.1 Å². The first-order valence-electron chi connectivity index (χ1n) is 7.47. The number of aromatic nitrogens is 2. The normalized spacial score (nSPS) is 29.7. The van der Waals surface area contributed by atoms with Gasteiger partial charge in [-0.05, 0) is 54.6 Å². The minimum Gasteiger partial charge on any atom is -0.364 e. The zero-order valence-corrected chi connectivity index (χ0v) is 12.9. The van der Waals surface area contributed by atoms with Gasteiger partial charge in [0.25, 0.3) is 5.89 Å². The largest absolute Gasteiger partial charge is 0.364 e. The van der Waals surface area contributed by atoms with Gasteiger partial charge in [-0.25, -0.2) is 0 Å². The number of rotatable bonds is 3. The molecule has 0 spiro atoms. The molecule has 0 aromatic carbocycles. The molecule has 0 aliphatic carbocycles. The molecule has 0 radical (unpaired) electrons. The van der Waals surface area contributed by atoms with Crippen LogP contribution >= 0.6 is 11.3 Å². The van der Waals surface area contributed by atoms with Crippen molar-refractivity contribution in [1.82, 2.24) is 15.0 Å². The number of aryl methyl sites for hydroxylation is 1. The quantitative estimate of drug-likeness (QED) is 0.873. The molecule has 2 aliphatic heterocycles. The van der Waals surface area contributed by atoms with Crippen molar-refractivity contribution in [2.45, 2.75) is 38.5 Å². The van der Waals surface area contributed by atoms with Gasteiger partial charge in [-0.2, -0.15) is 16.3 Å². The number of ether oxygens (including phenoxy) is 1. The van der Waals surface area contributed by atoms with Gasteiger partial charge in [0.15, 0.2) is 5.82 Å². The molecular weight excluding hydrogens is 286 g/mol. The SMILES string of the molecule is Cc1noc([C@H]2C[C@@H]3CCN(Cc4ccsc4)C[C@H]3O2)n1. The lowest BCUT2D eigenvalue weighted by molar-refractivity contribution is -0.0189. The summed E-state index contributed by atoms with van der Waals surface area (Å²) in [6, 6.07) is 2.20. The van der Waals surface area contributed by atoms with Crippen LogP contribution in [0.25, 0.3) is 0 Å². The Balaban J connectivity index is 1.40. The van der Waals surface area contributed by atoms with E-state index in [1.54, 1.807) is 11.3 Å². The van der Waals surface area contributed by atoms with Crippen molar-refractivity contribution < 1.29 is 9.26 Å². The molecule has 2 aliphatic rings. The summed E-state index contributed by atoms with van der Waals surface area (Å²) < 4.78 is 11.4. The van der Waals surface area contributed by atoms with Crippen LogP contribution in [0, 0.1) is 12.8 Å². The molecule has 0 amide bonds. The maximum absolute atomic E-state index is 6.18. The van der Waals surface area contributed by atoms with Gasteiger partial charge in [-0.3, -0.25) is 4.90 Å². The van der Waals surface area contributed by atoms with Crippen molar-refractivity contribution in [3.05, 3.63) is 34.1 Å². The molecule has 21 heavy (non-hydrogen) atoms. The lowest BCUT2D eigenvalue weighted by Gasteiger charge is -2.33. The molecule has 2 fully saturated rings. The number of thiophene rings is 1. The predicted molar refractivity (Wildman–Crippen MR) is 79.0 cm³/mol. The Morgan fingerprint density at radius 2 is 2.43 bits per heavy atom. The van der Waals surface area contributed by atoms with Crippen LogP contribution in [0.15, 0.2) is 21.3 Å². The van der Waals surface area contributed by atoms with E-state index in [2.05, 4.69) is 31.9 Å². The second-order valence-electron chi connectivity index (χ2n) is 5.99. The average Bonchev–Trinajstić information content (AvgIpc) is 3.18. The van der Waals surface area contributed by atoms with Gasteiger partial charge in [0.1, 0.15) is 6.10 Å². The van der Waals surface area contributed by atoms with Crippen LogP contribution in [0.3, 0.4) is 0 Å². The molecule has 5 nitrogen and oxygen atoms in total. The minimum atomic E-state index is -0.0118. The standard InChI is InChI=1S/C15H19N3O2S/c1-10-16-15(20-17-10)13-6-12-2-4-18(8-14(12)19-13)7-11-3-5-21-9-11/h3,5,9,12-14H,2,4,6-8H2,1H3/t12-,13+,14+/m0/s1. The summed E-state index contributed by atoms with van der Waals surface area (Å²) in [4.78, 5) is 6.81. The monoisotopic (exact) mass is 305 g/mol. The molecular formula is C15H19N3O2S. The van der Waals surface area contributed by atoms with Crippen molar-refractivity contribution >= 4 is 11.3 Å². The van der Waals surface area contributed by atoms with E-state index in [0.29, 0.717) is 23.7 Å². The third-order valence-corrected chi connectivity index (χ3v) is 5.17. The predicted octanol–water partition coefficient (Wildman–Crippen LogP) is 2.79. The average molecular weight is 305 g/mol. The van der Waals surface area contributed by atoms with Crippen LogP contribution < -0.4 is 0 Å². The summed E-state index contributed by atoms with van der Waals surface area (Å²) in [5.41, 5.74) is 1.40. The molecule has 4 heterocycles. The maximum Gasteiger partial charge on any atom is 0.255 e. The summed E-state index contributed by atoms with van der Waals surface area (Å²) >= 11 is 1.76. The Morgan fingerprint density at radius 3 is 3.19 bits per heavy atom. The van der Waals surface area contributed by atoms with Gasteiger partial charge >= 0.3 is 0 Å². The topological polar surface area (TPSA) is 51.4 Å². The third-order valence-electron chi connectivity index (χ3n) is 4.44.